The molecule has 0 bridgehead atoms. The molecular formula is C12H23NO2S2. The lowest BCUT2D eigenvalue weighted by atomic mass is 10.2. The van der Waals surface area contributed by atoms with Gasteiger partial charge < -0.3 is 5.21 Å². The smallest absolute Gasteiger partial charge is 0.133 e. The fraction of sp³-hybridized carbons (Fsp3) is 0.833. The number of oxime groups is 1. The number of hydrogen-bond donors (Lipinski definition) is 1. The molecular weight excluding hydrogens is 254 g/mol. The van der Waals surface area contributed by atoms with Crippen LogP contribution in [0.2, 0.25) is 0 Å². The lowest BCUT2D eigenvalue weighted by molar-refractivity contribution is -0.118. The molecule has 3 nitrogen and oxygen atoms in total. The average Bonchev–Trinajstić information content (AvgIpc) is 2.59. The second kappa shape index (κ2) is 11.0. The lowest BCUT2D eigenvalue weighted by Gasteiger charge is -2.08. The Balaban J connectivity index is 0.000000284. The molecule has 0 atom stereocenters. The predicted molar refractivity (Wildman–Crippen MR) is 78.7 cm³/mol. The Morgan fingerprint density at radius 1 is 0.941 bits per heavy atom. The van der Waals surface area contributed by atoms with E-state index >= 15 is 0 Å². The first kappa shape index (κ1) is 16.8. The number of rotatable bonds is 0. The molecule has 2 saturated heterocycles. The Labute approximate surface area is 113 Å². The molecule has 2 aliphatic heterocycles. The summed E-state index contributed by atoms with van der Waals surface area (Å²) in [4.78, 5) is 10.7. The first-order valence-corrected chi connectivity index (χ1v) is 8.01. The minimum atomic E-state index is 0. The Morgan fingerprint density at radius 2 is 1.53 bits per heavy atom. The van der Waals surface area contributed by atoms with Crippen molar-refractivity contribution in [1.82, 2.24) is 0 Å². The molecule has 2 fully saturated rings. The molecule has 0 spiro atoms. The highest BCUT2D eigenvalue weighted by Gasteiger charge is 2.06. The maximum Gasteiger partial charge on any atom is 0.133 e. The van der Waals surface area contributed by atoms with Gasteiger partial charge in [-0.2, -0.15) is 23.5 Å². The maximum atomic E-state index is 10.7. The monoisotopic (exact) mass is 277 g/mol. The Hall–Kier alpha value is -0.160. The third kappa shape index (κ3) is 8.55. The molecule has 0 aromatic carbocycles. The van der Waals surface area contributed by atoms with Crippen molar-refractivity contribution in [3.8, 4) is 0 Å². The van der Waals surface area contributed by atoms with Crippen molar-refractivity contribution in [1.29, 1.82) is 0 Å². The largest absolute Gasteiger partial charge is 0.411 e. The number of hydrogen-bond acceptors (Lipinski definition) is 5. The second-order valence-corrected chi connectivity index (χ2v) is 6.23. The van der Waals surface area contributed by atoms with Crippen LogP contribution in [0.25, 0.3) is 0 Å². The highest BCUT2D eigenvalue weighted by molar-refractivity contribution is 7.99. The van der Waals surface area contributed by atoms with Crippen molar-refractivity contribution < 1.29 is 10.0 Å². The number of ketones is 1. The zero-order chi connectivity index (χ0) is 11.6. The highest BCUT2D eigenvalue weighted by Crippen LogP contribution is 2.14. The topological polar surface area (TPSA) is 49.7 Å². The van der Waals surface area contributed by atoms with Crippen molar-refractivity contribution in [2.45, 2.75) is 39.5 Å². The summed E-state index contributed by atoms with van der Waals surface area (Å²) in [6.45, 7) is 0. The van der Waals surface area contributed by atoms with Gasteiger partial charge in [0.05, 0.1) is 5.71 Å². The zero-order valence-electron chi connectivity index (χ0n) is 9.48. The van der Waals surface area contributed by atoms with E-state index in [1.807, 2.05) is 23.5 Å². The summed E-state index contributed by atoms with van der Waals surface area (Å²) in [5.74, 6) is 4.94. The van der Waals surface area contributed by atoms with Crippen LogP contribution in [0.3, 0.4) is 0 Å². The minimum Gasteiger partial charge on any atom is -0.411 e. The van der Waals surface area contributed by atoms with E-state index in [4.69, 9.17) is 5.21 Å². The SMILES string of the molecule is C.O=C1CCCSCC1.ON=C1CCSCC1. The van der Waals surface area contributed by atoms with Gasteiger partial charge in [-0.3, -0.25) is 4.79 Å². The van der Waals surface area contributed by atoms with E-state index in [0.29, 0.717) is 5.78 Å². The minimum absolute atomic E-state index is 0. The first-order chi connectivity index (χ1) is 7.83. The molecule has 0 amide bonds. The number of nitrogens with zero attached hydrogens (tertiary/aromatic N) is 1. The molecule has 0 aromatic heterocycles. The molecule has 0 aliphatic carbocycles. The summed E-state index contributed by atoms with van der Waals surface area (Å²) < 4.78 is 0. The summed E-state index contributed by atoms with van der Waals surface area (Å²) in [7, 11) is 0. The molecule has 2 rings (SSSR count). The number of carbonyl (C=O) groups is 1. The number of carbonyl (C=O) groups excluding carboxylic acids is 1. The van der Waals surface area contributed by atoms with Crippen LogP contribution < -0.4 is 0 Å². The Morgan fingerprint density at radius 3 is 2.12 bits per heavy atom. The van der Waals surface area contributed by atoms with E-state index in [0.717, 1.165) is 55.1 Å². The standard InChI is InChI=1S/C6H10OS.C5H9NOS.CH4/c7-6-2-1-4-8-5-3-6;7-6-5-1-3-8-4-2-5;/h1-5H2;7H,1-4H2;1H4. The van der Waals surface area contributed by atoms with E-state index < -0.39 is 0 Å². The molecule has 2 heterocycles. The summed E-state index contributed by atoms with van der Waals surface area (Å²) in [6.07, 6.45) is 4.68. The van der Waals surface area contributed by atoms with E-state index in [9.17, 15) is 4.79 Å². The summed E-state index contributed by atoms with van der Waals surface area (Å²) >= 11 is 3.82. The fourth-order valence-corrected chi connectivity index (χ4v) is 3.38. The van der Waals surface area contributed by atoms with Crippen LogP contribution in [0.4, 0.5) is 0 Å². The highest BCUT2D eigenvalue weighted by atomic mass is 32.2. The van der Waals surface area contributed by atoms with Crippen molar-refractivity contribution in [2.24, 2.45) is 5.16 Å². The molecule has 0 saturated carbocycles. The van der Waals surface area contributed by atoms with Crippen LogP contribution in [0.5, 0.6) is 0 Å². The molecule has 0 aromatic rings. The Kier molecular flexibility index (Phi) is 10.9. The number of Topliss-reactive ketones (excluding diaryl/α,β-unsaturated/α-hetero) is 1. The van der Waals surface area contributed by atoms with E-state index in [1.54, 1.807) is 0 Å². The molecule has 2 aliphatic rings. The summed E-state index contributed by atoms with van der Waals surface area (Å²) in [5.41, 5.74) is 0.962. The Bertz CT molecular complexity index is 227. The summed E-state index contributed by atoms with van der Waals surface area (Å²) in [5, 5.41) is 11.4. The molecule has 1 N–H and O–H groups in total. The molecule has 0 unspecified atom stereocenters. The lowest BCUT2D eigenvalue weighted by Crippen LogP contribution is -2.07. The van der Waals surface area contributed by atoms with Gasteiger partial charge in [0.15, 0.2) is 0 Å². The van der Waals surface area contributed by atoms with Crippen molar-refractivity contribution in [3.63, 3.8) is 0 Å². The van der Waals surface area contributed by atoms with Gasteiger partial charge in [-0.05, 0) is 36.5 Å². The van der Waals surface area contributed by atoms with Crippen LogP contribution in [-0.4, -0.2) is 39.7 Å². The molecule has 5 heteroatoms. The van der Waals surface area contributed by atoms with E-state index in [2.05, 4.69) is 5.16 Å². The van der Waals surface area contributed by atoms with E-state index in [-0.39, 0.29) is 7.43 Å². The van der Waals surface area contributed by atoms with Gasteiger partial charge in [0.2, 0.25) is 0 Å². The normalized spacial score (nSPS) is 20.5. The summed E-state index contributed by atoms with van der Waals surface area (Å²) in [6, 6.07) is 0. The van der Waals surface area contributed by atoms with Gasteiger partial charge in [0.25, 0.3) is 0 Å². The van der Waals surface area contributed by atoms with Gasteiger partial charge in [-0.1, -0.05) is 12.6 Å². The first-order valence-electron chi connectivity index (χ1n) is 5.70. The van der Waals surface area contributed by atoms with Crippen molar-refractivity contribution >= 4 is 35.0 Å². The third-order valence-corrected chi connectivity index (χ3v) is 4.54. The average molecular weight is 277 g/mol. The van der Waals surface area contributed by atoms with Crippen LogP contribution in [0.1, 0.15) is 39.5 Å². The van der Waals surface area contributed by atoms with Crippen molar-refractivity contribution in [3.05, 3.63) is 0 Å². The predicted octanol–water partition coefficient (Wildman–Crippen LogP) is 3.45. The van der Waals surface area contributed by atoms with Crippen LogP contribution >= 0.6 is 23.5 Å². The van der Waals surface area contributed by atoms with Crippen LogP contribution in [0.15, 0.2) is 5.16 Å². The van der Waals surface area contributed by atoms with Gasteiger partial charge in [0.1, 0.15) is 5.78 Å². The third-order valence-electron chi connectivity index (χ3n) is 2.48. The van der Waals surface area contributed by atoms with Gasteiger partial charge >= 0.3 is 0 Å². The molecule has 0 radical (unpaired) electrons. The van der Waals surface area contributed by atoms with Gasteiger partial charge in [-0.15, -0.1) is 0 Å². The number of thioether (sulfide) groups is 2. The van der Waals surface area contributed by atoms with E-state index in [1.165, 1.54) is 5.75 Å². The van der Waals surface area contributed by atoms with Crippen LogP contribution in [-0.2, 0) is 4.79 Å². The van der Waals surface area contributed by atoms with Crippen LogP contribution in [0, 0.1) is 0 Å². The van der Waals surface area contributed by atoms with Gasteiger partial charge in [0, 0.05) is 18.6 Å². The van der Waals surface area contributed by atoms with Gasteiger partial charge in [-0.25, -0.2) is 0 Å². The molecule has 100 valence electrons. The maximum absolute atomic E-state index is 10.7. The fourth-order valence-electron chi connectivity index (χ4n) is 1.49. The quantitative estimate of drug-likeness (QED) is 0.544. The molecule has 17 heavy (non-hydrogen) atoms. The van der Waals surface area contributed by atoms with Crippen molar-refractivity contribution in [2.75, 3.05) is 23.0 Å². The second-order valence-electron chi connectivity index (χ2n) is 3.78. The zero-order valence-corrected chi connectivity index (χ0v) is 11.1.